The molecule has 0 saturated heterocycles. The predicted octanol–water partition coefficient (Wildman–Crippen LogP) is 0.711. The summed E-state index contributed by atoms with van der Waals surface area (Å²) < 4.78 is 15.2. The van der Waals surface area contributed by atoms with Crippen molar-refractivity contribution < 1.29 is 23.1 Å². The molecule has 0 aromatic carbocycles. The van der Waals surface area contributed by atoms with Crippen molar-refractivity contribution in [3.63, 3.8) is 0 Å². The van der Waals surface area contributed by atoms with Crippen LogP contribution in [0.5, 0.6) is 0 Å². The Balaban J connectivity index is 1.39. The zero-order valence-electron chi connectivity index (χ0n) is 13.9. The van der Waals surface area contributed by atoms with Crippen LogP contribution in [0.3, 0.4) is 0 Å². The molecule has 3 aromatic heterocycles. The van der Waals surface area contributed by atoms with Crippen molar-refractivity contribution in [2.75, 3.05) is 7.05 Å². The van der Waals surface area contributed by atoms with Crippen molar-refractivity contribution in [3.05, 3.63) is 36.0 Å². The standard InChI is InChI=1S/C15H16N6O5/c1-16-15(23)14-19-12(26-21-14)8-17-10(22)5-2-6-11-18-13(20-25-11)9-4-3-7-24-9/h3-4,7H,2,5-6,8H2,1H3,(H,16,23)(H,17,22). The molecule has 0 bridgehead atoms. The zero-order chi connectivity index (χ0) is 18.4. The Bertz CT molecular complexity index is 869. The van der Waals surface area contributed by atoms with Gasteiger partial charge in [0.2, 0.25) is 23.5 Å². The van der Waals surface area contributed by atoms with Gasteiger partial charge in [-0.1, -0.05) is 10.3 Å². The minimum atomic E-state index is -0.459. The number of carbonyl (C=O) groups excluding carboxylic acids is 2. The molecule has 3 heterocycles. The first-order chi connectivity index (χ1) is 12.7. The molecule has 2 amide bonds. The molecule has 3 rings (SSSR count). The molecule has 0 aliphatic heterocycles. The highest BCUT2D eigenvalue weighted by atomic mass is 16.5. The number of rotatable bonds is 8. The van der Waals surface area contributed by atoms with E-state index in [2.05, 4.69) is 30.9 Å². The van der Waals surface area contributed by atoms with Gasteiger partial charge in [0.15, 0.2) is 5.76 Å². The topological polar surface area (TPSA) is 149 Å². The number of nitrogens with one attached hydrogen (secondary N) is 2. The van der Waals surface area contributed by atoms with E-state index in [9.17, 15) is 9.59 Å². The van der Waals surface area contributed by atoms with Gasteiger partial charge in [-0.15, -0.1) is 0 Å². The fourth-order valence-corrected chi connectivity index (χ4v) is 2.06. The molecule has 0 atom stereocenters. The smallest absolute Gasteiger partial charge is 0.292 e. The van der Waals surface area contributed by atoms with E-state index in [1.807, 2.05) is 0 Å². The van der Waals surface area contributed by atoms with Crippen molar-refractivity contribution in [2.45, 2.75) is 25.8 Å². The maximum absolute atomic E-state index is 11.8. The molecular weight excluding hydrogens is 344 g/mol. The number of amides is 2. The number of carbonyl (C=O) groups is 2. The number of furan rings is 1. The Labute approximate surface area is 147 Å². The summed E-state index contributed by atoms with van der Waals surface area (Å²) in [5, 5.41) is 12.3. The molecular formula is C15H16N6O5. The summed E-state index contributed by atoms with van der Waals surface area (Å²) in [5.74, 6) is 0.732. The van der Waals surface area contributed by atoms with Gasteiger partial charge < -0.3 is 24.1 Å². The minimum Gasteiger partial charge on any atom is -0.461 e. The summed E-state index contributed by atoms with van der Waals surface area (Å²) in [5.41, 5.74) is 0. The van der Waals surface area contributed by atoms with Crippen molar-refractivity contribution in [2.24, 2.45) is 0 Å². The van der Waals surface area contributed by atoms with E-state index in [1.54, 1.807) is 12.1 Å². The Hall–Kier alpha value is -3.50. The first-order valence-electron chi connectivity index (χ1n) is 7.83. The van der Waals surface area contributed by atoms with E-state index in [-0.39, 0.29) is 30.6 Å². The number of aryl methyl sites for hydroxylation is 1. The number of nitrogens with zero attached hydrogens (tertiary/aromatic N) is 4. The number of hydrogen-bond donors (Lipinski definition) is 2. The van der Waals surface area contributed by atoms with Crippen LogP contribution in [0.1, 0.15) is 35.2 Å². The van der Waals surface area contributed by atoms with Crippen LogP contribution in [0, 0.1) is 0 Å². The van der Waals surface area contributed by atoms with Gasteiger partial charge >= 0.3 is 0 Å². The van der Waals surface area contributed by atoms with E-state index in [0.717, 1.165) is 0 Å². The third-order valence-corrected chi connectivity index (χ3v) is 3.34. The normalized spacial score (nSPS) is 10.7. The van der Waals surface area contributed by atoms with Gasteiger partial charge in [-0.3, -0.25) is 9.59 Å². The second-order valence-electron chi connectivity index (χ2n) is 5.21. The molecule has 0 saturated carbocycles. The van der Waals surface area contributed by atoms with Gasteiger partial charge in [0.1, 0.15) is 0 Å². The van der Waals surface area contributed by atoms with Crippen LogP contribution >= 0.6 is 0 Å². The maximum Gasteiger partial charge on any atom is 0.292 e. The van der Waals surface area contributed by atoms with Gasteiger partial charge in [-0.2, -0.15) is 9.97 Å². The lowest BCUT2D eigenvalue weighted by molar-refractivity contribution is -0.121. The van der Waals surface area contributed by atoms with Crippen LogP contribution in [0.2, 0.25) is 0 Å². The summed E-state index contributed by atoms with van der Waals surface area (Å²) in [6.07, 6.45) is 2.77. The molecule has 11 nitrogen and oxygen atoms in total. The third kappa shape index (κ3) is 4.32. The molecule has 0 aliphatic carbocycles. The van der Waals surface area contributed by atoms with Gasteiger partial charge in [-0.05, 0) is 18.6 Å². The fourth-order valence-electron chi connectivity index (χ4n) is 2.06. The first kappa shape index (κ1) is 17.3. The second-order valence-corrected chi connectivity index (χ2v) is 5.21. The summed E-state index contributed by atoms with van der Waals surface area (Å²) in [6.45, 7) is 0.0476. The molecule has 0 aliphatic rings. The summed E-state index contributed by atoms with van der Waals surface area (Å²) in [4.78, 5) is 31.2. The molecule has 136 valence electrons. The molecule has 0 radical (unpaired) electrons. The van der Waals surface area contributed by atoms with Crippen molar-refractivity contribution in [3.8, 4) is 11.6 Å². The van der Waals surface area contributed by atoms with Crippen LogP contribution in [-0.2, 0) is 17.8 Å². The van der Waals surface area contributed by atoms with Crippen molar-refractivity contribution >= 4 is 11.8 Å². The Kier molecular flexibility index (Phi) is 5.37. The summed E-state index contributed by atoms with van der Waals surface area (Å²) in [6, 6.07) is 3.46. The first-order valence-corrected chi connectivity index (χ1v) is 7.83. The van der Waals surface area contributed by atoms with Gasteiger partial charge in [0.05, 0.1) is 12.8 Å². The third-order valence-electron chi connectivity index (χ3n) is 3.34. The van der Waals surface area contributed by atoms with Crippen LogP contribution in [0.15, 0.2) is 31.9 Å². The molecule has 3 aromatic rings. The average molecular weight is 360 g/mol. The highest BCUT2D eigenvalue weighted by Gasteiger charge is 2.14. The molecule has 2 N–H and O–H groups in total. The molecule has 0 fully saturated rings. The second kappa shape index (κ2) is 8.05. The van der Waals surface area contributed by atoms with E-state index in [0.29, 0.717) is 30.3 Å². The lowest BCUT2D eigenvalue weighted by Crippen LogP contribution is -2.23. The number of aromatic nitrogens is 4. The molecule has 0 unspecified atom stereocenters. The monoisotopic (exact) mass is 360 g/mol. The Morgan fingerprint density at radius 2 is 2.00 bits per heavy atom. The predicted molar refractivity (Wildman–Crippen MR) is 84.5 cm³/mol. The van der Waals surface area contributed by atoms with E-state index in [4.69, 9.17) is 13.5 Å². The average Bonchev–Trinajstić information content (AvgIpc) is 3.39. The van der Waals surface area contributed by atoms with Crippen LogP contribution in [-0.4, -0.2) is 39.1 Å². The maximum atomic E-state index is 11.8. The Morgan fingerprint density at radius 1 is 1.15 bits per heavy atom. The van der Waals surface area contributed by atoms with Crippen molar-refractivity contribution in [1.29, 1.82) is 0 Å². The van der Waals surface area contributed by atoms with Crippen molar-refractivity contribution in [1.82, 2.24) is 30.9 Å². The largest absolute Gasteiger partial charge is 0.461 e. The van der Waals surface area contributed by atoms with Crippen LogP contribution in [0.25, 0.3) is 11.6 Å². The van der Waals surface area contributed by atoms with Gasteiger partial charge in [0.25, 0.3) is 11.7 Å². The highest BCUT2D eigenvalue weighted by molar-refractivity contribution is 5.89. The Morgan fingerprint density at radius 3 is 2.77 bits per heavy atom. The molecule has 11 heteroatoms. The van der Waals surface area contributed by atoms with Crippen LogP contribution in [0.4, 0.5) is 0 Å². The van der Waals surface area contributed by atoms with E-state index >= 15 is 0 Å². The molecule has 26 heavy (non-hydrogen) atoms. The number of hydrogen-bond acceptors (Lipinski definition) is 9. The quantitative estimate of drug-likeness (QED) is 0.592. The highest BCUT2D eigenvalue weighted by Crippen LogP contribution is 2.16. The summed E-state index contributed by atoms with van der Waals surface area (Å²) >= 11 is 0. The van der Waals surface area contributed by atoms with E-state index in [1.165, 1.54) is 13.3 Å². The SMILES string of the molecule is CNC(=O)c1noc(CNC(=O)CCCc2nc(-c3ccco3)no2)n1. The van der Waals surface area contributed by atoms with Crippen LogP contribution < -0.4 is 10.6 Å². The zero-order valence-corrected chi connectivity index (χ0v) is 13.9. The van der Waals surface area contributed by atoms with Gasteiger partial charge in [-0.25, -0.2) is 0 Å². The van der Waals surface area contributed by atoms with E-state index < -0.39 is 5.91 Å². The molecule has 0 spiro atoms. The lowest BCUT2D eigenvalue weighted by atomic mass is 10.2. The summed E-state index contributed by atoms with van der Waals surface area (Å²) in [7, 11) is 1.46. The fraction of sp³-hybridized carbons (Fsp3) is 0.333. The minimum absolute atomic E-state index is 0.0476. The van der Waals surface area contributed by atoms with Gasteiger partial charge in [0, 0.05) is 19.9 Å². The lowest BCUT2D eigenvalue weighted by Gasteiger charge is -2.00.